The van der Waals surface area contributed by atoms with Gasteiger partial charge >= 0.3 is 0 Å². The van der Waals surface area contributed by atoms with Gasteiger partial charge in [-0.1, -0.05) is 0 Å². The number of hydrogen-bond donors (Lipinski definition) is 3. The van der Waals surface area contributed by atoms with Crippen LogP contribution in [0.3, 0.4) is 0 Å². The van der Waals surface area contributed by atoms with Crippen LogP contribution in [-0.2, 0) is 0 Å². The molecule has 4 nitrogen and oxygen atoms in total. The topological polar surface area (TPSA) is 55.7 Å². The fourth-order valence-electron chi connectivity index (χ4n) is 0.891. The Hall–Kier alpha value is -1.26. The van der Waals surface area contributed by atoms with Crippen LogP contribution in [0.2, 0.25) is 0 Å². The molecule has 3 N–H and O–H groups in total. The molecular formula is C8H12N2O2. The lowest BCUT2D eigenvalue weighted by Crippen LogP contribution is -2.16. The Labute approximate surface area is 71.0 Å². The number of nitrogens with one attached hydrogen (secondary N) is 1. The van der Waals surface area contributed by atoms with E-state index in [9.17, 15) is 5.21 Å². The van der Waals surface area contributed by atoms with Gasteiger partial charge in [-0.15, -0.1) is 0 Å². The zero-order chi connectivity index (χ0) is 8.97. The molecule has 0 aliphatic carbocycles. The molecule has 0 bridgehead atoms. The third kappa shape index (κ3) is 1.87. The summed E-state index contributed by atoms with van der Waals surface area (Å²) in [5.74, 6) is 0. The van der Waals surface area contributed by atoms with Crippen molar-refractivity contribution >= 4 is 11.4 Å². The molecule has 0 spiro atoms. The third-order valence-corrected chi connectivity index (χ3v) is 1.59. The zero-order valence-corrected chi connectivity index (χ0v) is 6.86. The van der Waals surface area contributed by atoms with Gasteiger partial charge in [-0.05, 0) is 31.2 Å². The van der Waals surface area contributed by atoms with Gasteiger partial charge in [0.05, 0.1) is 11.4 Å². The van der Waals surface area contributed by atoms with Crippen molar-refractivity contribution < 1.29 is 10.4 Å². The van der Waals surface area contributed by atoms with Crippen LogP contribution in [0.4, 0.5) is 11.4 Å². The van der Waals surface area contributed by atoms with E-state index in [1.807, 2.05) is 12.4 Å². The predicted octanol–water partition coefficient (Wildman–Crippen LogP) is 1.70. The van der Waals surface area contributed by atoms with E-state index in [1.54, 1.807) is 24.3 Å². The van der Waals surface area contributed by atoms with Gasteiger partial charge in [-0.3, -0.25) is 21.0 Å². The van der Waals surface area contributed by atoms with E-state index >= 15 is 0 Å². The van der Waals surface area contributed by atoms with E-state index in [-0.39, 0.29) is 0 Å². The summed E-state index contributed by atoms with van der Waals surface area (Å²) in [4.78, 5) is 0. The average molecular weight is 168 g/mol. The number of hydrogen-bond acceptors (Lipinski definition) is 4. The van der Waals surface area contributed by atoms with Gasteiger partial charge in [0.15, 0.2) is 0 Å². The Morgan fingerprint density at radius 3 is 2.33 bits per heavy atom. The van der Waals surface area contributed by atoms with Crippen LogP contribution >= 0.6 is 0 Å². The molecule has 4 heteroatoms. The van der Waals surface area contributed by atoms with E-state index < -0.39 is 0 Å². The second-order valence-electron chi connectivity index (χ2n) is 2.37. The van der Waals surface area contributed by atoms with E-state index in [0.717, 1.165) is 5.06 Å². The maximum atomic E-state index is 9.24. The molecule has 0 saturated heterocycles. The lowest BCUT2D eigenvalue weighted by Gasteiger charge is -2.14. The summed E-state index contributed by atoms with van der Waals surface area (Å²) >= 11 is 0. The normalized spacial score (nSPS) is 9.58. The largest absolute Gasteiger partial charge is 0.291 e. The summed E-state index contributed by atoms with van der Waals surface area (Å²) in [6, 6.07) is 6.77. The number of nitrogens with zero attached hydrogens (tertiary/aromatic N) is 1. The standard InChI is InChI=1S/C8H12N2O2/c1-2-10(12)8-5-3-7(9-11)4-6-8/h3-6,9,11-12H,2H2,1H3. The molecule has 0 aliphatic heterocycles. The van der Waals surface area contributed by atoms with Gasteiger partial charge in [0.25, 0.3) is 0 Å². The number of benzene rings is 1. The van der Waals surface area contributed by atoms with Crippen LogP contribution in [0.5, 0.6) is 0 Å². The van der Waals surface area contributed by atoms with Crippen LogP contribution in [0.15, 0.2) is 24.3 Å². The molecule has 0 heterocycles. The van der Waals surface area contributed by atoms with Gasteiger partial charge in [0, 0.05) is 6.54 Å². The minimum Gasteiger partial charge on any atom is -0.291 e. The fourth-order valence-corrected chi connectivity index (χ4v) is 0.891. The van der Waals surface area contributed by atoms with Crippen molar-refractivity contribution in [1.82, 2.24) is 0 Å². The molecule has 1 aromatic rings. The first kappa shape index (κ1) is 8.83. The van der Waals surface area contributed by atoms with Crippen molar-refractivity contribution in [3.05, 3.63) is 24.3 Å². The van der Waals surface area contributed by atoms with Gasteiger partial charge in [-0.25, -0.2) is 0 Å². The second kappa shape index (κ2) is 3.94. The van der Waals surface area contributed by atoms with Crippen LogP contribution in [0, 0.1) is 0 Å². The Balaban J connectivity index is 2.77. The van der Waals surface area contributed by atoms with Crippen molar-refractivity contribution in [1.29, 1.82) is 0 Å². The highest BCUT2D eigenvalue weighted by molar-refractivity contribution is 5.52. The monoisotopic (exact) mass is 168 g/mol. The molecule has 66 valence electrons. The highest BCUT2D eigenvalue weighted by atomic mass is 16.5. The molecule has 0 unspecified atom stereocenters. The van der Waals surface area contributed by atoms with Crippen LogP contribution in [0.1, 0.15) is 6.92 Å². The van der Waals surface area contributed by atoms with Crippen LogP contribution in [-0.4, -0.2) is 17.0 Å². The maximum absolute atomic E-state index is 9.24. The minimum absolute atomic E-state index is 0.534. The zero-order valence-electron chi connectivity index (χ0n) is 6.86. The van der Waals surface area contributed by atoms with Crippen molar-refractivity contribution in [2.75, 3.05) is 17.1 Å². The molecule has 0 atom stereocenters. The van der Waals surface area contributed by atoms with Crippen molar-refractivity contribution in [2.45, 2.75) is 6.92 Å². The van der Waals surface area contributed by atoms with E-state index in [0.29, 0.717) is 17.9 Å². The van der Waals surface area contributed by atoms with Crippen molar-refractivity contribution in [3.63, 3.8) is 0 Å². The molecule has 0 radical (unpaired) electrons. The first-order chi connectivity index (χ1) is 5.77. The molecule has 0 fully saturated rings. The average Bonchev–Trinajstić information content (AvgIpc) is 2.17. The smallest absolute Gasteiger partial charge is 0.0635 e. The van der Waals surface area contributed by atoms with Gasteiger partial charge < -0.3 is 0 Å². The number of anilines is 2. The summed E-state index contributed by atoms with van der Waals surface area (Å²) in [6.45, 7) is 2.38. The van der Waals surface area contributed by atoms with Gasteiger partial charge in [-0.2, -0.15) is 0 Å². The Kier molecular flexibility index (Phi) is 2.90. The molecule has 1 aromatic carbocycles. The summed E-state index contributed by atoms with van der Waals surface area (Å²) in [7, 11) is 0. The predicted molar refractivity (Wildman–Crippen MR) is 46.7 cm³/mol. The summed E-state index contributed by atoms with van der Waals surface area (Å²) < 4.78 is 0. The summed E-state index contributed by atoms with van der Waals surface area (Å²) in [5, 5.41) is 18.9. The van der Waals surface area contributed by atoms with Gasteiger partial charge in [0.2, 0.25) is 0 Å². The Bertz CT molecular complexity index is 235. The van der Waals surface area contributed by atoms with E-state index in [2.05, 4.69) is 0 Å². The van der Waals surface area contributed by atoms with Crippen LogP contribution in [0.25, 0.3) is 0 Å². The fraction of sp³-hybridized carbons (Fsp3) is 0.250. The lowest BCUT2D eigenvalue weighted by atomic mass is 10.3. The third-order valence-electron chi connectivity index (χ3n) is 1.59. The molecule has 12 heavy (non-hydrogen) atoms. The maximum Gasteiger partial charge on any atom is 0.0635 e. The SMILES string of the molecule is CCN(O)c1ccc(NO)cc1. The molecule has 0 aromatic heterocycles. The van der Waals surface area contributed by atoms with E-state index in [4.69, 9.17) is 5.21 Å². The molecule has 0 amide bonds. The number of hydroxylamine groups is 1. The molecule has 0 saturated carbocycles. The second-order valence-corrected chi connectivity index (χ2v) is 2.37. The first-order valence-electron chi connectivity index (χ1n) is 3.74. The minimum atomic E-state index is 0.534. The number of rotatable bonds is 3. The van der Waals surface area contributed by atoms with E-state index in [1.165, 1.54) is 0 Å². The Morgan fingerprint density at radius 2 is 1.92 bits per heavy atom. The molecule has 1 rings (SSSR count). The highest BCUT2D eigenvalue weighted by Crippen LogP contribution is 2.15. The van der Waals surface area contributed by atoms with Crippen molar-refractivity contribution in [3.8, 4) is 0 Å². The quantitative estimate of drug-likeness (QED) is 0.601. The molecular weight excluding hydrogens is 156 g/mol. The lowest BCUT2D eigenvalue weighted by molar-refractivity contribution is 0.260. The first-order valence-corrected chi connectivity index (χ1v) is 3.74. The van der Waals surface area contributed by atoms with Gasteiger partial charge in [0.1, 0.15) is 0 Å². The summed E-state index contributed by atoms with van der Waals surface area (Å²) in [5.41, 5.74) is 3.32. The Morgan fingerprint density at radius 1 is 1.33 bits per heavy atom. The van der Waals surface area contributed by atoms with Crippen LogP contribution < -0.4 is 10.5 Å². The van der Waals surface area contributed by atoms with Crippen molar-refractivity contribution in [2.24, 2.45) is 0 Å². The highest BCUT2D eigenvalue weighted by Gasteiger charge is 1.98. The summed E-state index contributed by atoms with van der Waals surface area (Å²) in [6.07, 6.45) is 0. The molecule has 0 aliphatic rings.